The molecule has 0 aromatic carbocycles. The molecule has 0 radical (unpaired) electrons. The van der Waals surface area contributed by atoms with E-state index in [4.69, 9.17) is 0 Å². The number of unbranched alkanes of at least 4 members (excludes halogenated alkanes) is 24. The summed E-state index contributed by atoms with van der Waals surface area (Å²) < 4.78 is 1.23. The highest BCUT2D eigenvalue weighted by Crippen LogP contribution is 2.14. The standard InChI is InChI=1S/C38H76N/c1-5-7-9-11-13-15-17-19-21-23-25-27-29-31-33-35-37-39(3,4)38-36-34-32-30-28-26-24-22-20-18-16-14-12-10-8-6-2/h19-22H,5-18,23-38H2,1-4H3/q+1/b21-19-,22-20+. The van der Waals surface area contributed by atoms with E-state index in [0.29, 0.717) is 0 Å². The molecular formula is C38H76N+. The van der Waals surface area contributed by atoms with Gasteiger partial charge in [-0.05, 0) is 77.0 Å². The fourth-order valence-electron chi connectivity index (χ4n) is 5.69. The van der Waals surface area contributed by atoms with Crippen LogP contribution < -0.4 is 0 Å². The molecular weight excluding hydrogens is 470 g/mol. The molecule has 0 bridgehead atoms. The van der Waals surface area contributed by atoms with Crippen LogP contribution in [-0.2, 0) is 0 Å². The SMILES string of the molecule is CCCCCCCC/C=C\CCCCCCCC[N+](C)(C)CCCCCCCC/C=C/CCCCCCCC. The maximum absolute atomic E-state index is 2.45. The Bertz CT molecular complexity index is 459. The van der Waals surface area contributed by atoms with E-state index in [1.807, 2.05) is 0 Å². The van der Waals surface area contributed by atoms with Gasteiger partial charge in [-0.15, -0.1) is 0 Å². The summed E-state index contributed by atoms with van der Waals surface area (Å²) in [5, 5.41) is 0. The van der Waals surface area contributed by atoms with Gasteiger partial charge in [0.2, 0.25) is 0 Å². The quantitative estimate of drug-likeness (QED) is 0.0447. The van der Waals surface area contributed by atoms with Crippen molar-refractivity contribution < 1.29 is 4.48 Å². The lowest BCUT2D eigenvalue weighted by atomic mass is 10.1. The molecule has 0 aromatic heterocycles. The molecule has 0 fully saturated rings. The fourth-order valence-corrected chi connectivity index (χ4v) is 5.69. The summed E-state index contributed by atoms with van der Waals surface area (Å²) in [5.74, 6) is 0. The van der Waals surface area contributed by atoms with Gasteiger partial charge >= 0.3 is 0 Å². The predicted molar refractivity (Wildman–Crippen MR) is 181 cm³/mol. The van der Waals surface area contributed by atoms with Crippen LogP contribution in [0.5, 0.6) is 0 Å². The Morgan fingerprint density at radius 2 is 0.538 bits per heavy atom. The van der Waals surface area contributed by atoms with Gasteiger partial charge in [0.25, 0.3) is 0 Å². The smallest absolute Gasteiger partial charge is 0.0782 e. The lowest BCUT2D eigenvalue weighted by Gasteiger charge is -2.30. The Morgan fingerprint density at radius 3 is 0.821 bits per heavy atom. The van der Waals surface area contributed by atoms with Crippen LogP contribution >= 0.6 is 0 Å². The topological polar surface area (TPSA) is 0 Å². The van der Waals surface area contributed by atoms with Crippen LogP contribution in [0.15, 0.2) is 24.3 Å². The van der Waals surface area contributed by atoms with Crippen molar-refractivity contribution in [2.75, 3.05) is 27.2 Å². The number of hydrogen-bond donors (Lipinski definition) is 0. The van der Waals surface area contributed by atoms with Gasteiger partial charge in [0, 0.05) is 0 Å². The van der Waals surface area contributed by atoms with Crippen molar-refractivity contribution in [2.45, 2.75) is 194 Å². The van der Waals surface area contributed by atoms with E-state index in [2.05, 4.69) is 52.2 Å². The Morgan fingerprint density at radius 1 is 0.308 bits per heavy atom. The Hall–Kier alpha value is -0.560. The van der Waals surface area contributed by atoms with E-state index < -0.39 is 0 Å². The number of quaternary nitrogens is 1. The second-order valence-electron chi connectivity index (χ2n) is 13.3. The minimum Gasteiger partial charge on any atom is -0.328 e. The average molecular weight is 547 g/mol. The van der Waals surface area contributed by atoms with E-state index >= 15 is 0 Å². The summed E-state index contributed by atoms with van der Waals surface area (Å²) in [6.45, 7) is 7.33. The summed E-state index contributed by atoms with van der Waals surface area (Å²) in [7, 11) is 4.91. The number of nitrogens with zero attached hydrogens (tertiary/aromatic N) is 1. The summed E-state index contributed by atoms with van der Waals surface area (Å²) >= 11 is 0. The van der Waals surface area contributed by atoms with E-state index in [1.165, 1.54) is 197 Å². The third kappa shape index (κ3) is 33.5. The van der Waals surface area contributed by atoms with Crippen molar-refractivity contribution in [3.05, 3.63) is 24.3 Å². The van der Waals surface area contributed by atoms with Gasteiger partial charge in [0.1, 0.15) is 0 Å². The van der Waals surface area contributed by atoms with Gasteiger partial charge in [0.05, 0.1) is 27.2 Å². The molecule has 0 rings (SSSR count). The van der Waals surface area contributed by atoms with Crippen molar-refractivity contribution in [3.8, 4) is 0 Å². The van der Waals surface area contributed by atoms with E-state index in [9.17, 15) is 0 Å². The third-order valence-electron chi connectivity index (χ3n) is 8.55. The monoisotopic (exact) mass is 547 g/mol. The molecule has 0 spiro atoms. The molecule has 0 aliphatic rings. The number of allylic oxidation sites excluding steroid dienone is 4. The van der Waals surface area contributed by atoms with Gasteiger partial charge < -0.3 is 4.48 Å². The highest BCUT2D eigenvalue weighted by molar-refractivity contribution is 4.82. The van der Waals surface area contributed by atoms with Crippen LogP contribution in [0.1, 0.15) is 194 Å². The van der Waals surface area contributed by atoms with Crippen molar-refractivity contribution in [1.82, 2.24) is 0 Å². The molecule has 0 aromatic rings. The molecule has 39 heavy (non-hydrogen) atoms. The molecule has 0 N–H and O–H groups in total. The minimum absolute atomic E-state index is 1.23. The molecule has 0 atom stereocenters. The minimum atomic E-state index is 1.23. The molecule has 0 saturated heterocycles. The largest absolute Gasteiger partial charge is 0.328 e. The molecule has 1 heteroatoms. The van der Waals surface area contributed by atoms with Crippen LogP contribution in [0, 0.1) is 0 Å². The second-order valence-corrected chi connectivity index (χ2v) is 13.3. The van der Waals surface area contributed by atoms with Crippen LogP contribution in [-0.4, -0.2) is 31.7 Å². The Balaban J connectivity index is 3.36. The maximum atomic E-state index is 2.45. The first-order valence-corrected chi connectivity index (χ1v) is 18.2. The lowest BCUT2D eigenvalue weighted by Crippen LogP contribution is -2.41. The Kier molecular flexibility index (Phi) is 31.5. The molecule has 0 aliphatic heterocycles. The molecule has 1 nitrogen and oxygen atoms in total. The van der Waals surface area contributed by atoms with Crippen molar-refractivity contribution in [1.29, 1.82) is 0 Å². The van der Waals surface area contributed by atoms with Gasteiger partial charge in [-0.1, -0.05) is 141 Å². The zero-order chi connectivity index (χ0) is 28.5. The van der Waals surface area contributed by atoms with Crippen LogP contribution in [0.25, 0.3) is 0 Å². The van der Waals surface area contributed by atoms with E-state index in [0.717, 1.165) is 0 Å². The summed E-state index contributed by atoms with van der Waals surface area (Å²) in [5.41, 5.74) is 0. The van der Waals surface area contributed by atoms with Crippen molar-refractivity contribution in [2.24, 2.45) is 0 Å². The third-order valence-corrected chi connectivity index (χ3v) is 8.55. The van der Waals surface area contributed by atoms with Crippen LogP contribution in [0.4, 0.5) is 0 Å². The highest BCUT2D eigenvalue weighted by Gasteiger charge is 2.13. The van der Waals surface area contributed by atoms with Gasteiger partial charge in [-0.2, -0.15) is 0 Å². The van der Waals surface area contributed by atoms with Crippen molar-refractivity contribution >= 4 is 0 Å². The number of rotatable bonds is 32. The maximum Gasteiger partial charge on any atom is 0.0782 e. The molecule has 0 aliphatic carbocycles. The predicted octanol–water partition coefficient (Wildman–Crippen LogP) is 13.1. The summed E-state index contributed by atoms with van der Waals surface area (Å²) in [6.07, 6.45) is 49.0. The van der Waals surface area contributed by atoms with Gasteiger partial charge in [0.15, 0.2) is 0 Å². The fraction of sp³-hybridized carbons (Fsp3) is 0.895. The first kappa shape index (κ1) is 38.4. The molecule has 0 unspecified atom stereocenters. The average Bonchev–Trinajstić information content (AvgIpc) is 2.92. The number of hydrogen-bond acceptors (Lipinski definition) is 0. The first-order valence-electron chi connectivity index (χ1n) is 18.2. The van der Waals surface area contributed by atoms with Gasteiger partial charge in [-0.25, -0.2) is 0 Å². The zero-order valence-electron chi connectivity index (χ0n) is 28.0. The molecule has 232 valence electrons. The Labute approximate surface area is 249 Å². The lowest BCUT2D eigenvalue weighted by molar-refractivity contribution is -0.890. The normalized spacial score (nSPS) is 12.4. The van der Waals surface area contributed by atoms with Crippen LogP contribution in [0.3, 0.4) is 0 Å². The van der Waals surface area contributed by atoms with Gasteiger partial charge in [-0.3, -0.25) is 0 Å². The van der Waals surface area contributed by atoms with E-state index in [1.54, 1.807) is 0 Å². The molecule has 0 heterocycles. The van der Waals surface area contributed by atoms with E-state index in [-0.39, 0.29) is 0 Å². The zero-order valence-corrected chi connectivity index (χ0v) is 28.0. The summed E-state index contributed by atoms with van der Waals surface area (Å²) in [6, 6.07) is 0. The molecule has 0 saturated carbocycles. The summed E-state index contributed by atoms with van der Waals surface area (Å²) in [4.78, 5) is 0. The van der Waals surface area contributed by atoms with Crippen molar-refractivity contribution in [3.63, 3.8) is 0 Å². The van der Waals surface area contributed by atoms with Crippen LogP contribution in [0.2, 0.25) is 0 Å². The highest BCUT2D eigenvalue weighted by atomic mass is 15.3. The second kappa shape index (κ2) is 32.0. The molecule has 0 amide bonds. The first-order chi connectivity index (χ1) is 19.1.